The number of carbonyl (C=O) groups excluding carboxylic acids is 2. The van der Waals surface area contributed by atoms with Crippen LogP contribution in [0.5, 0.6) is 11.5 Å². The van der Waals surface area contributed by atoms with Crippen molar-refractivity contribution in [3.8, 4) is 11.5 Å². The van der Waals surface area contributed by atoms with Crippen molar-refractivity contribution in [2.75, 3.05) is 25.7 Å². The van der Waals surface area contributed by atoms with E-state index in [2.05, 4.69) is 5.32 Å². The van der Waals surface area contributed by atoms with Gasteiger partial charge in [0.2, 0.25) is 11.8 Å². The molecule has 2 amide bonds. The van der Waals surface area contributed by atoms with Gasteiger partial charge in [-0.05, 0) is 18.6 Å². The van der Waals surface area contributed by atoms with Crippen molar-refractivity contribution in [3.63, 3.8) is 0 Å². The zero-order valence-corrected chi connectivity index (χ0v) is 12.5. The number of rotatable bonds is 4. The Bertz CT molecular complexity index is 544. The van der Waals surface area contributed by atoms with E-state index in [1.165, 1.54) is 0 Å². The lowest BCUT2D eigenvalue weighted by atomic mass is 10.2. The van der Waals surface area contributed by atoms with Crippen LogP contribution in [0.1, 0.15) is 19.8 Å². The highest BCUT2D eigenvalue weighted by Gasteiger charge is 2.29. The third-order valence-electron chi connectivity index (χ3n) is 3.55. The van der Waals surface area contributed by atoms with Crippen LogP contribution in [0.25, 0.3) is 0 Å². The Morgan fingerprint density at radius 1 is 1.24 bits per heavy atom. The van der Waals surface area contributed by atoms with Crippen LogP contribution in [0.15, 0.2) is 18.2 Å². The molecule has 6 nitrogen and oxygen atoms in total. The molecule has 1 aliphatic heterocycles. The van der Waals surface area contributed by atoms with Gasteiger partial charge in [0.25, 0.3) is 0 Å². The number of amides is 2. The summed E-state index contributed by atoms with van der Waals surface area (Å²) in [6, 6.07) is 4.82. The largest absolute Gasteiger partial charge is 0.493 e. The summed E-state index contributed by atoms with van der Waals surface area (Å²) in [5.74, 6) is 0.956. The molecule has 0 aromatic heterocycles. The topological polar surface area (TPSA) is 67.9 Å². The van der Waals surface area contributed by atoms with Crippen LogP contribution in [0.2, 0.25) is 0 Å². The first kappa shape index (κ1) is 15.2. The Morgan fingerprint density at radius 3 is 2.57 bits per heavy atom. The maximum Gasteiger partial charge on any atom is 0.249 e. The fourth-order valence-corrected chi connectivity index (χ4v) is 2.37. The average Bonchev–Trinajstić information content (AvgIpc) is 2.65. The van der Waals surface area contributed by atoms with E-state index in [0.717, 1.165) is 0 Å². The number of methoxy groups -OCH3 is 2. The standard InChI is InChI=1S/C15H20N2O4/c1-4-11-15(19)17(8-7-14(18)16-11)10-5-6-12(20-2)13(9-10)21-3/h5-6,9,11H,4,7-8H2,1-3H3,(H,16,18). The van der Waals surface area contributed by atoms with Crippen LogP contribution in [0.3, 0.4) is 0 Å². The van der Waals surface area contributed by atoms with Crippen molar-refractivity contribution in [1.29, 1.82) is 0 Å². The summed E-state index contributed by atoms with van der Waals surface area (Å²) in [7, 11) is 3.11. The number of ether oxygens (including phenoxy) is 2. The van der Waals surface area contributed by atoms with Crippen molar-refractivity contribution in [2.45, 2.75) is 25.8 Å². The molecule has 1 unspecified atom stereocenters. The monoisotopic (exact) mass is 292 g/mol. The predicted molar refractivity (Wildman–Crippen MR) is 78.7 cm³/mol. The lowest BCUT2D eigenvalue weighted by Crippen LogP contribution is -2.44. The van der Waals surface area contributed by atoms with Crippen LogP contribution in [0, 0.1) is 0 Å². The van der Waals surface area contributed by atoms with Crippen molar-refractivity contribution >= 4 is 17.5 Å². The molecule has 1 atom stereocenters. The zero-order chi connectivity index (χ0) is 15.4. The van der Waals surface area contributed by atoms with Gasteiger partial charge in [0, 0.05) is 24.7 Å². The first-order valence-corrected chi connectivity index (χ1v) is 6.93. The smallest absolute Gasteiger partial charge is 0.249 e. The first-order valence-electron chi connectivity index (χ1n) is 6.93. The van der Waals surface area contributed by atoms with Gasteiger partial charge >= 0.3 is 0 Å². The molecule has 6 heteroatoms. The van der Waals surface area contributed by atoms with E-state index in [0.29, 0.717) is 30.2 Å². The quantitative estimate of drug-likeness (QED) is 0.909. The molecule has 1 heterocycles. The molecule has 0 saturated carbocycles. The van der Waals surface area contributed by atoms with Crippen molar-refractivity contribution in [2.24, 2.45) is 0 Å². The molecule has 1 saturated heterocycles. The third kappa shape index (κ3) is 3.09. The van der Waals surface area contributed by atoms with Gasteiger partial charge < -0.3 is 19.7 Å². The van der Waals surface area contributed by atoms with Gasteiger partial charge in [0.05, 0.1) is 14.2 Å². The van der Waals surface area contributed by atoms with Crippen molar-refractivity contribution < 1.29 is 19.1 Å². The second kappa shape index (κ2) is 6.47. The molecule has 0 radical (unpaired) electrons. The molecule has 1 aliphatic rings. The second-order valence-electron chi connectivity index (χ2n) is 4.81. The number of anilines is 1. The molecule has 2 rings (SSSR count). The lowest BCUT2D eigenvalue weighted by molar-refractivity contribution is -0.125. The normalized spacial score (nSPS) is 19.0. The minimum atomic E-state index is -0.479. The van der Waals surface area contributed by atoms with Gasteiger partial charge in [-0.25, -0.2) is 0 Å². The highest BCUT2D eigenvalue weighted by atomic mass is 16.5. The average molecular weight is 292 g/mol. The SMILES string of the molecule is CCC1NC(=O)CCN(c2ccc(OC)c(OC)c2)C1=O. The molecule has 114 valence electrons. The lowest BCUT2D eigenvalue weighted by Gasteiger charge is -2.24. The van der Waals surface area contributed by atoms with E-state index in [4.69, 9.17) is 9.47 Å². The van der Waals surface area contributed by atoms with E-state index in [9.17, 15) is 9.59 Å². The Hall–Kier alpha value is -2.24. The molecule has 0 bridgehead atoms. The number of hydrogen-bond donors (Lipinski definition) is 1. The minimum absolute atomic E-state index is 0.0989. The van der Waals surface area contributed by atoms with Gasteiger partial charge in [-0.1, -0.05) is 6.92 Å². The maximum atomic E-state index is 12.5. The summed E-state index contributed by atoms with van der Waals surface area (Å²) in [6.07, 6.45) is 0.852. The number of benzene rings is 1. The molecule has 21 heavy (non-hydrogen) atoms. The molecule has 0 aliphatic carbocycles. The molecule has 1 aromatic rings. The Morgan fingerprint density at radius 2 is 1.95 bits per heavy atom. The summed E-state index contributed by atoms with van der Waals surface area (Å²) in [4.78, 5) is 25.8. The van der Waals surface area contributed by atoms with Crippen molar-refractivity contribution in [3.05, 3.63) is 18.2 Å². The summed E-state index contributed by atoms with van der Waals surface area (Å²) < 4.78 is 10.5. The van der Waals surface area contributed by atoms with Gasteiger partial charge in [0.1, 0.15) is 6.04 Å². The van der Waals surface area contributed by atoms with E-state index < -0.39 is 6.04 Å². The van der Waals surface area contributed by atoms with Crippen molar-refractivity contribution in [1.82, 2.24) is 5.32 Å². The van der Waals surface area contributed by atoms with E-state index in [1.54, 1.807) is 37.3 Å². The maximum absolute atomic E-state index is 12.5. The Balaban J connectivity index is 2.34. The van der Waals surface area contributed by atoms with Gasteiger partial charge in [0.15, 0.2) is 11.5 Å². The minimum Gasteiger partial charge on any atom is -0.493 e. The number of hydrogen-bond acceptors (Lipinski definition) is 4. The van der Waals surface area contributed by atoms with Crippen LogP contribution < -0.4 is 19.7 Å². The highest BCUT2D eigenvalue weighted by molar-refractivity contribution is 6.01. The summed E-state index contributed by atoms with van der Waals surface area (Å²) in [5, 5.41) is 2.74. The molecular formula is C15H20N2O4. The van der Waals surface area contributed by atoms with Crippen LogP contribution in [-0.2, 0) is 9.59 Å². The fraction of sp³-hybridized carbons (Fsp3) is 0.467. The van der Waals surface area contributed by atoms with Gasteiger partial charge in [-0.15, -0.1) is 0 Å². The Kier molecular flexibility index (Phi) is 4.67. The molecule has 1 fully saturated rings. The summed E-state index contributed by atoms with van der Waals surface area (Å²) >= 11 is 0. The number of carbonyl (C=O) groups is 2. The fourth-order valence-electron chi connectivity index (χ4n) is 2.37. The predicted octanol–water partition coefficient (Wildman–Crippen LogP) is 1.34. The second-order valence-corrected chi connectivity index (χ2v) is 4.81. The molecule has 1 N–H and O–H groups in total. The third-order valence-corrected chi connectivity index (χ3v) is 3.55. The Labute approximate surface area is 124 Å². The van der Waals surface area contributed by atoms with E-state index >= 15 is 0 Å². The van der Waals surface area contributed by atoms with Crippen LogP contribution >= 0.6 is 0 Å². The van der Waals surface area contributed by atoms with E-state index in [-0.39, 0.29) is 18.2 Å². The van der Waals surface area contributed by atoms with Gasteiger partial charge in [-0.2, -0.15) is 0 Å². The highest BCUT2D eigenvalue weighted by Crippen LogP contribution is 2.32. The molecular weight excluding hydrogens is 272 g/mol. The first-order chi connectivity index (χ1) is 10.1. The molecule has 0 spiro atoms. The van der Waals surface area contributed by atoms with Crippen LogP contribution in [-0.4, -0.2) is 38.6 Å². The zero-order valence-electron chi connectivity index (χ0n) is 12.5. The number of nitrogens with zero attached hydrogens (tertiary/aromatic N) is 1. The molecule has 1 aromatic carbocycles. The van der Waals surface area contributed by atoms with Gasteiger partial charge in [-0.3, -0.25) is 9.59 Å². The van der Waals surface area contributed by atoms with E-state index in [1.807, 2.05) is 6.92 Å². The summed E-state index contributed by atoms with van der Waals surface area (Å²) in [6.45, 7) is 2.23. The van der Waals surface area contributed by atoms with Crippen LogP contribution in [0.4, 0.5) is 5.69 Å². The number of nitrogens with one attached hydrogen (secondary N) is 1. The summed E-state index contributed by atoms with van der Waals surface area (Å²) in [5.41, 5.74) is 0.701.